The van der Waals surface area contributed by atoms with E-state index in [0.29, 0.717) is 11.0 Å². The molecule has 1 aliphatic heterocycles. The first-order valence-corrected chi connectivity index (χ1v) is 8.63. The summed E-state index contributed by atoms with van der Waals surface area (Å²) >= 11 is 1.18. The minimum atomic E-state index is -0.289. The van der Waals surface area contributed by atoms with Crippen LogP contribution in [0.3, 0.4) is 0 Å². The lowest BCUT2D eigenvalue weighted by Crippen LogP contribution is -2.31. The molecule has 0 atom stereocenters. The van der Waals surface area contributed by atoms with Crippen LogP contribution in [-0.4, -0.2) is 28.5 Å². The molecule has 0 aliphatic carbocycles. The van der Waals surface area contributed by atoms with Crippen LogP contribution < -0.4 is 15.5 Å². The van der Waals surface area contributed by atoms with E-state index in [1.54, 1.807) is 6.92 Å². The van der Waals surface area contributed by atoms with Crippen molar-refractivity contribution in [3.63, 3.8) is 0 Å². The Morgan fingerprint density at radius 2 is 1.96 bits per heavy atom. The number of benzene rings is 1. The van der Waals surface area contributed by atoms with Crippen molar-refractivity contribution in [1.82, 2.24) is 9.36 Å². The molecule has 1 saturated heterocycles. The summed E-state index contributed by atoms with van der Waals surface area (Å²) in [6.07, 6.45) is 3.68. The molecular weight excluding hydrogens is 310 g/mol. The Labute approximate surface area is 140 Å². The van der Waals surface area contributed by atoms with E-state index >= 15 is 0 Å². The summed E-state index contributed by atoms with van der Waals surface area (Å²) in [7, 11) is 0. The van der Waals surface area contributed by atoms with E-state index in [1.807, 2.05) is 12.1 Å². The highest BCUT2D eigenvalue weighted by Crippen LogP contribution is 2.29. The van der Waals surface area contributed by atoms with Gasteiger partial charge in [0.1, 0.15) is 5.82 Å². The van der Waals surface area contributed by atoms with Gasteiger partial charge in [-0.3, -0.25) is 5.32 Å². The zero-order valence-electron chi connectivity index (χ0n) is 13.4. The number of aromatic nitrogens is 2. The Morgan fingerprint density at radius 3 is 2.65 bits per heavy atom. The van der Waals surface area contributed by atoms with E-state index in [4.69, 9.17) is 0 Å². The zero-order valence-corrected chi connectivity index (χ0v) is 14.2. The third-order valence-corrected chi connectivity index (χ3v) is 4.57. The van der Waals surface area contributed by atoms with Crippen LogP contribution >= 0.6 is 11.5 Å². The van der Waals surface area contributed by atoms with Crippen molar-refractivity contribution in [2.45, 2.75) is 33.1 Å². The number of carbonyl (C=O) groups is 1. The molecule has 1 aromatic heterocycles. The molecule has 0 saturated carbocycles. The molecule has 1 aromatic carbocycles. The number of nitrogens with one attached hydrogen (secondary N) is 2. The molecule has 0 radical (unpaired) electrons. The van der Waals surface area contributed by atoms with E-state index in [1.165, 1.54) is 36.4 Å². The topological polar surface area (TPSA) is 70.1 Å². The lowest BCUT2D eigenvalue weighted by Gasteiger charge is -2.30. The highest BCUT2D eigenvalue weighted by Gasteiger charge is 2.16. The van der Waals surface area contributed by atoms with Crippen molar-refractivity contribution in [3.8, 4) is 0 Å². The predicted octanol–water partition coefficient (Wildman–Crippen LogP) is 3.79. The Balaban J connectivity index is 1.74. The Morgan fingerprint density at radius 1 is 1.17 bits per heavy atom. The SMILES string of the molecule is Cc1ccc(NC(=O)Nc2nc(C)ns2)c(N2CCCCC2)c1. The second-order valence-corrected chi connectivity index (χ2v) is 6.55. The van der Waals surface area contributed by atoms with Crippen molar-refractivity contribution >= 4 is 34.1 Å². The number of aryl methyl sites for hydroxylation is 2. The summed E-state index contributed by atoms with van der Waals surface area (Å²) in [5, 5.41) is 6.18. The monoisotopic (exact) mass is 331 g/mol. The van der Waals surface area contributed by atoms with Gasteiger partial charge in [0.15, 0.2) is 0 Å². The van der Waals surface area contributed by atoms with Crippen LogP contribution in [0.25, 0.3) is 0 Å². The smallest absolute Gasteiger partial charge is 0.325 e. The lowest BCUT2D eigenvalue weighted by atomic mass is 10.1. The van der Waals surface area contributed by atoms with Gasteiger partial charge in [-0.2, -0.15) is 4.37 Å². The number of carbonyl (C=O) groups excluding carboxylic acids is 1. The van der Waals surface area contributed by atoms with Gasteiger partial charge in [0.25, 0.3) is 0 Å². The Kier molecular flexibility index (Phi) is 4.76. The van der Waals surface area contributed by atoms with E-state index in [-0.39, 0.29) is 6.03 Å². The van der Waals surface area contributed by atoms with Gasteiger partial charge in [-0.15, -0.1) is 0 Å². The molecular formula is C16H21N5OS. The fourth-order valence-corrected chi connectivity index (χ4v) is 3.31. The fraction of sp³-hybridized carbons (Fsp3) is 0.438. The van der Waals surface area contributed by atoms with Gasteiger partial charge in [0.2, 0.25) is 5.13 Å². The number of piperidine rings is 1. The normalized spacial score (nSPS) is 14.6. The summed E-state index contributed by atoms with van der Waals surface area (Å²) in [6.45, 7) is 5.94. The summed E-state index contributed by atoms with van der Waals surface area (Å²) < 4.78 is 4.06. The maximum absolute atomic E-state index is 12.2. The van der Waals surface area contributed by atoms with Crippen LogP contribution in [-0.2, 0) is 0 Å². The summed E-state index contributed by atoms with van der Waals surface area (Å²) in [5.41, 5.74) is 3.11. The maximum atomic E-state index is 12.2. The molecule has 0 bridgehead atoms. The number of hydrogen-bond donors (Lipinski definition) is 2. The Hall–Kier alpha value is -2.15. The quantitative estimate of drug-likeness (QED) is 0.898. The highest BCUT2D eigenvalue weighted by atomic mass is 32.1. The average molecular weight is 331 g/mol. The molecule has 7 heteroatoms. The molecule has 2 N–H and O–H groups in total. The molecule has 0 spiro atoms. The number of urea groups is 1. The van der Waals surface area contributed by atoms with Crippen LogP contribution in [0.5, 0.6) is 0 Å². The van der Waals surface area contributed by atoms with Crippen molar-refractivity contribution in [2.75, 3.05) is 28.6 Å². The number of amides is 2. The molecule has 1 aliphatic rings. The molecule has 23 heavy (non-hydrogen) atoms. The van der Waals surface area contributed by atoms with E-state index < -0.39 is 0 Å². The van der Waals surface area contributed by atoms with Gasteiger partial charge < -0.3 is 10.2 Å². The number of hydrogen-bond acceptors (Lipinski definition) is 5. The van der Waals surface area contributed by atoms with Gasteiger partial charge >= 0.3 is 6.03 Å². The first kappa shape index (κ1) is 15.7. The fourth-order valence-electron chi connectivity index (χ4n) is 2.74. The first-order valence-electron chi connectivity index (χ1n) is 7.86. The molecule has 2 amide bonds. The molecule has 3 rings (SSSR count). The molecule has 122 valence electrons. The van der Waals surface area contributed by atoms with Gasteiger partial charge in [-0.25, -0.2) is 9.78 Å². The van der Waals surface area contributed by atoms with Gasteiger partial charge in [0, 0.05) is 24.6 Å². The van der Waals surface area contributed by atoms with Gasteiger partial charge in [0.05, 0.1) is 11.4 Å². The third-order valence-electron chi connectivity index (χ3n) is 3.85. The first-order chi connectivity index (χ1) is 11.1. The van der Waals surface area contributed by atoms with Crippen LogP contribution in [0.2, 0.25) is 0 Å². The predicted molar refractivity (Wildman–Crippen MR) is 94.5 cm³/mol. The van der Waals surface area contributed by atoms with E-state index in [2.05, 4.69) is 37.9 Å². The van der Waals surface area contributed by atoms with Crippen LogP contribution in [0, 0.1) is 13.8 Å². The molecule has 0 unspecified atom stereocenters. The van der Waals surface area contributed by atoms with E-state index in [9.17, 15) is 4.79 Å². The van der Waals surface area contributed by atoms with Crippen molar-refractivity contribution in [1.29, 1.82) is 0 Å². The van der Waals surface area contributed by atoms with Crippen molar-refractivity contribution in [3.05, 3.63) is 29.6 Å². The molecule has 6 nitrogen and oxygen atoms in total. The van der Waals surface area contributed by atoms with E-state index in [0.717, 1.165) is 24.5 Å². The summed E-state index contributed by atoms with van der Waals surface area (Å²) in [6, 6.07) is 5.82. The molecule has 1 fully saturated rings. The lowest BCUT2D eigenvalue weighted by molar-refractivity contribution is 0.262. The minimum Gasteiger partial charge on any atom is -0.370 e. The zero-order chi connectivity index (χ0) is 16.2. The van der Waals surface area contributed by atoms with Crippen LogP contribution in [0.15, 0.2) is 18.2 Å². The van der Waals surface area contributed by atoms with Crippen molar-refractivity contribution in [2.24, 2.45) is 0 Å². The average Bonchev–Trinajstić information content (AvgIpc) is 2.95. The third kappa shape index (κ3) is 3.98. The number of anilines is 3. The van der Waals surface area contributed by atoms with Gasteiger partial charge in [-0.05, 0) is 50.8 Å². The summed E-state index contributed by atoms with van der Waals surface area (Å²) in [5.74, 6) is 0.662. The number of rotatable bonds is 3. The number of nitrogens with zero attached hydrogens (tertiary/aromatic N) is 3. The largest absolute Gasteiger partial charge is 0.370 e. The second-order valence-electron chi connectivity index (χ2n) is 5.79. The maximum Gasteiger partial charge on any atom is 0.325 e. The van der Waals surface area contributed by atoms with Crippen molar-refractivity contribution < 1.29 is 4.79 Å². The molecule has 2 aromatic rings. The van der Waals surface area contributed by atoms with Gasteiger partial charge in [-0.1, -0.05) is 6.07 Å². The molecule has 2 heterocycles. The summed E-state index contributed by atoms with van der Waals surface area (Å²) in [4.78, 5) is 18.7. The van der Waals surface area contributed by atoms with Crippen LogP contribution in [0.1, 0.15) is 30.7 Å². The van der Waals surface area contributed by atoms with Crippen LogP contribution in [0.4, 0.5) is 21.3 Å². The highest BCUT2D eigenvalue weighted by molar-refractivity contribution is 7.09. The Bertz CT molecular complexity index is 694. The standard InChI is InChI=1S/C16H21N5OS/c1-11-6-7-13(14(10-11)21-8-4-3-5-9-21)18-15(22)19-16-17-12(2)20-23-16/h6-7,10H,3-5,8-9H2,1-2H3,(H2,17,18,19,20,22). The minimum absolute atomic E-state index is 0.289. The second kappa shape index (κ2) is 6.95.